The van der Waals surface area contributed by atoms with E-state index >= 15 is 0 Å². The molecular weight excluding hydrogens is 314 g/mol. The molecule has 0 aliphatic carbocycles. The second kappa shape index (κ2) is 7.82. The Morgan fingerprint density at radius 3 is 2.96 bits per heavy atom. The van der Waals surface area contributed by atoms with Gasteiger partial charge in [-0.2, -0.15) is 5.26 Å². The highest BCUT2D eigenvalue weighted by Crippen LogP contribution is 2.33. The Balaban J connectivity index is 1.69. The van der Waals surface area contributed by atoms with Gasteiger partial charge in [-0.1, -0.05) is 24.3 Å². The van der Waals surface area contributed by atoms with Gasteiger partial charge in [-0.3, -0.25) is 9.69 Å². The number of benzene rings is 2. The van der Waals surface area contributed by atoms with Crippen LogP contribution in [-0.4, -0.2) is 31.0 Å². The van der Waals surface area contributed by atoms with Gasteiger partial charge in [0.15, 0.2) is 0 Å². The summed E-state index contributed by atoms with van der Waals surface area (Å²) in [6.07, 6.45) is 2.08. The van der Waals surface area contributed by atoms with E-state index in [1.54, 1.807) is 25.3 Å². The molecule has 0 saturated carbocycles. The molecule has 1 heterocycles. The Bertz CT molecular complexity index is 798. The van der Waals surface area contributed by atoms with Crippen molar-refractivity contribution in [2.45, 2.75) is 18.9 Å². The van der Waals surface area contributed by atoms with Crippen molar-refractivity contribution in [2.75, 3.05) is 25.5 Å². The summed E-state index contributed by atoms with van der Waals surface area (Å²) in [5.74, 6) is 0.731. The third-order valence-electron chi connectivity index (χ3n) is 4.51. The van der Waals surface area contributed by atoms with E-state index in [1.807, 2.05) is 24.3 Å². The highest BCUT2D eigenvalue weighted by molar-refractivity contribution is 5.93. The number of ether oxygens (including phenoxy) is 1. The van der Waals surface area contributed by atoms with Gasteiger partial charge >= 0.3 is 0 Å². The van der Waals surface area contributed by atoms with Crippen molar-refractivity contribution in [3.63, 3.8) is 0 Å². The van der Waals surface area contributed by atoms with E-state index in [9.17, 15) is 4.79 Å². The van der Waals surface area contributed by atoms with Gasteiger partial charge in [-0.05, 0) is 49.2 Å². The number of carbonyl (C=O) groups is 1. The monoisotopic (exact) mass is 335 g/mol. The number of nitrogens with zero attached hydrogens (tertiary/aromatic N) is 2. The van der Waals surface area contributed by atoms with E-state index in [1.165, 1.54) is 5.56 Å². The number of hydrogen-bond acceptors (Lipinski definition) is 4. The molecule has 0 aromatic heterocycles. The van der Waals surface area contributed by atoms with Crippen molar-refractivity contribution >= 4 is 11.6 Å². The number of hydrogen-bond donors (Lipinski definition) is 1. The number of nitrogens with one attached hydrogen (secondary N) is 1. The van der Waals surface area contributed by atoms with Crippen molar-refractivity contribution < 1.29 is 9.53 Å². The molecule has 1 amide bonds. The predicted octanol–water partition coefficient (Wildman–Crippen LogP) is 3.34. The Morgan fingerprint density at radius 2 is 2.16 bits per heavy atom. The molecule has 2 aromatic carbocycles. The molecule has 0 bridgehead atoms. The maximum Gasteiger partial charge on any atom is 0.238 e. The van der Waals surface area contributed by atoms with Crippen LogP contribution in [0.4, 0.5) is 5.69 Å². The SMILES string of the molecule is COc1cccc([C@@H]2CCCN2CC(=O)Nc2ccccc2C#N)c1. The lowest BCUT2D eigenvalue weighted by Crippen LogP contribution is -2.33. The second-order valence-electron chi connectivity index (χ2n) is 6.11. The molecule has 1 atom stereocenters. The standard InChI is InChI=1S/C20H21N3O2/c1-25-17-8-4-7-15(12-17)19-10-5-11-23(19)14-20(24)22-18-9-3-2-6-16(18)13-21/h2-4,6-9,12,19H,5,10-11,14H2,1H3,(H,22,24)/t19-/m0/s1. The molecule has 1 aliphatic heterocycles. The lowest BCUT2D eigenvalue weighted by molar-refractivity contribution is -0.117. The third-order valence-corrected chi connectivity index (χ3v) is 4.51. The summed E-state index contributed by atoms with van der Waals surface area (Å²) in [7, 11) is 1.66. The Morgan fingerprint density at radius 1 is 1.32 bits per heavy atom. The molecule has 5 heteroatoms. The smallest absolute Gasteiger partial charge is 0.238 e. The lowest BCUT2D eigenvalue weighted by Gasteiger charge is -2.24. The second-order valence-corrected chi connectivity index (χ2v) is 6.11. The first kappa shape index (κ1) is 17.0. The van der Waals surface area contributed by atoms with Gasteiger partial charge < -0.3 is 10.1 Å². The van der Waals surface area contributed by atoms with Crippen LogP contribution >= 0.6 is 0 Å². The van der Waals surface area contributed by atoms with Crippen LogP contribution in [-0.2, 0) is 4.79 Å². The zero-order chi connectivity index (χ0) is 17.6. The summed E-state index contributed by atoms with van der Waals surface area (Å²) in [5, 5.41) is 12.0. The molecule has 2 aromatic rings. The highest BCUT2D eigenvalue weighted by atomic mass is 16.5. The summed E-state index contributed by atoms with van der Waals surface area (Å²) in [6.45, 7) is 1.19. The van der Waals surface area contributed by atoms with Gasteiger partial charge in [-0.25, -0.2) is 0 Å². The number of para-hydroxylation sites is 1. The average Bonchev–Trinajstić information content (AvgIpc) is 3.10. The van der Waals surface area contributed by atoms with Crippen LogP contribution in [0.25, 0.3) is 0 Å². The van der Waals surface area contributed by atoms with E-state index in [2.05, 4.69) is 22.4 Å². The van der Waals surface area contributed by atoms with Crippen LogP contribution in [0.15, 0.2) is 48.5 Å². The highest BCUT2D eigenvalue weighted by Gasteiger charge is 2.27. The van der Waals surface area contributed by atoms with E-state index in [4.69, 9.17) is 10.00 Å². The Labute approximate surface area is 147 Å². The topological polar surface area (TPSA) is 65.4 Å². The zero-order valence-electron chi connectivity index (χ0n) is 14.2. The molecule has 25 heavy (non-hydrogen) atoms. The molecular formula is C20H21N3O2. The fourth-order valence-corrected chi connectivity index (χ4v) is 3.31. The number of nitriles is 1. The molecule has 0 spiro atoms. The molecule has 0 radical (unpaired) electrons. The predicted molar refractivity (Wildman–Crippen MR) is 96.3 cm³/mol. The van der Waals surface area contributed by atoms with E-state index in [0.717, 1.165) is 25.1 Å². The van der Waals surface area contributed by atoms with Crippen molar-refractivity contribution in [1.29, 1.82) is 5.26 Å². The molecule has 1 aliphatic rings. The van der Waals surface area contributed by atoms with Crippen LogP contribution in [0.2, 0.25) is 0 Å². The van der Waals surface area contributed by atoms with E-state index in [0.29, 0.717) is 17.8 Å². The number of carbonyl (C=O) groups excluding carboxylic acids is 1. The van der Waals surface area contributed by atoms with Crippen LogP contribution in [0, 0.1) is 11.3 Å². The molecule has 3 rings (SSSR count). The summed E-state index contributed by atoms with van der Waals surface area (Å²) in [6, 6.07) is 17.4. The molecule has 1 fully saturated rings. The minimum Gasteiger partial charge on any atom is -0.497 e. The normalized spacial score (nSPS) is 17.0. The first-order chi connectivity index (χ1) is 12.2. The van der Waals surface area contributed by atoms with Gasteiger partial charge in [0.2, 0.25) is 5.91 Å². The first-order valence-corrected chi connectivity index (χ1v) is 8.38. The number of likely N-dealkylation sites (tertiary alicyclic amines) is 1. The van der Waals surface area contributed by atoms with Crippen LogP contribution in [0.3, 0.4) is 0 Å². The van der Waals surface area contributed by atoms with Crippen molar-refractivity contribution in [3.05, 3.63) is 59.7 Å². The molecule has 0 unspecified atom stereocenters. The summed E-state index contributed by atoms with van der Waals surface area (Å²) in [5.41, 5.74) is 2.20. The van der Waals surface area contributed by atoms with E-state index < -0.39 is 0 Å². The largest absolute Gasteiger partial charge is 0.497 e. The number of rotatable bonds is 5. The van der Waals surface area contributed by atoms with Crippen LogP contribution < -0.4 is 10.1 Å². The van der Waals surface area contributed by atoms with Crippen molar-refractivity contribution in [1.82, 2.24) is 4.90 Å². The summed E-state index contributed by atoms with van der Waals surface area (Å²) < 4.78 is 5.31. The van der Waals surface area contributed by atoms with Crippen LogP contribution in [0.1, 0.15) is 30.0 Å². The van der Waals surface area contributed by atoms with Crippen molar-refractivity contribution in [3.8, 4) is 11.8 Å². The fraction of sp³-hybridized carbons (Fsp3) is 0.300. The third kappa shape index (κ3) is 3.98. The fourth-order valence-electron chi connectivity index (χ4n) is 3.31. The van der Waals surface area contributed by atoms with Gasteiger partial charge in [0, 0.05) is 6.04 Å². The van der Waals surface area contributed by atoms with Gasteiger partial charge in [0.1, 0.15) is 11.8 Å². The summed E-state index contributed by atoms with van der Waals surface area (Å²) >= 11 is 0. The maximum atomic E-state index is 12.4. The maximum absolute atomic E-state index is 12.4. The van der Waals surface area contributed by atoms with Gasteiger partial charge in [-0.15, -0.1) is 0 Å². The summed E-state index contributed by atoms with van der Waals surface area (Å²) in [4.78, 5) is 14.6. The molecule has 5 nitrogen and oxygen atoms in total. The zero-order valence-corrected chi connectivity index (χ0v) is 14.2. The van der Waals surface area contributed by atoms with Crippen LogP contribution in [0.5, 0.6) is 5.75 Å². The minimum absolute atomic E-state index is 0.0995. The van der Waals surface area contributed by atoms with Gasteiger partial charge in [0.05, 0.1) is 24.9 Å². The molecule has 1 saturated heterocycles. The first-order valence-electron chi connectivity index (χ1n) is 8.38. The minimum atomic E-state index is -0.0995. The number of methoxy groups -OCH3 is 1. The number of anilines is 1. The average molecular weight is 335 g/mol. The molecule has 128 valence electrons. The number of amides is 1. The Hall–Kier alpha value is -2.84. The lowest BCUT2D eigenvalue weighted by atomic mass is 10.0. The van der Waals surface area contributed by atoms with E-state index in [-0.39, 0.29) is 11.9 Å². The van der Waals surface area contributed by atoms with Crippen molar-refractivity contribution in [2.24, 2.45) is 0 Å². The van der Waals surface area contributed by atoms with Gasteiger partial charge in [0.25, 0.3) is 0 Å². The molecule has 1 N–H and O–H groups in total. The Kier molecular flexibility index (Phi) is 5.32. The quantitative estimate of drug-likeness (QED) is 0.910.